The van der Waals surface area contributed by atoms with Crippen molar-refractivity contribution >= 4 is 5.69 Å². The van der Waals surface area contributed by atoms with Crippen molar-refractivity contribution < 1.29 is 0 Å². The first-order chi connectivity index (χ1) is 8.52. The van der Waals surface area contributed by atoms with Gasteiger partial charge in [-0.3, -0.25) is 0 Å². The average Bonchev–Trinajstić information content (AvgIpc) is 2.28. The van der Waals surface area contributed by atoms with Crippen molar-refractivity contribution in [1.29, 1.82) is 0 Å². The molecule has 0 bridgehead atoms. The first-order valence-electron chi connectivity index (χ1n) is 7.07. The van der Waals surface area contributed by atoms with Crippen LogP contribution in [-0.4, -0.2) is 19.6 Å². The van der Waals surface area contributed by atoms with Crippen LogP contribution in [0.2, 0.25) is 0 Å². The summed E-state index contributed by atoms with van der Waals surface area (Å²) in [5.41, 5.74) is 8.24. The Morgan fingerprint density at radius 1 is 0.944 bits per heavy atom. The van der Waals surface area contributed by atoms with E-state index in [-0.39, 0.29) is 0 Å². The molecule has 1 aromatic rings. The summed E-state index contributed by atoms with van der Waals surface area (Å²) >= 11 is 0. The molecule has 102 valence electrons. The van der Waals surface area contributed by atoms with Gasteiger partial charge in [-0.25, -0.2) is 0 Å². The second kappa shape index (κ2) is 7.42. The van der Waals surface area contributed by atoms with Gasteiger partial charge in [0.05, 0.1) is 0 Å². The van der Waals surface area contributed by atoms with Crippen molar-refractivity contribution in [3.63, 3.8) is 0 Å². The highest BCUT2D eigenvalue weighted by atomic mass is 15.1. The van der Waals surface area contributed by atoms with Crippen molar-refractivity contribution in [3.05, 3.63) is 29.8 Å². The normalized spacial score (nSPS) is 11.3. The van der Waals surface area contributed by atoms with Crippen LogP contribution in [-0.2, 0) is 6.42 Å². The molecule has 2 N–H and O–H groups in total. The zero-order valence-electron chi connectivity index (χ0n) is 12.3. The lowest BCUT2D eigenvalue weighted by atomic mass is 10.1. The van der Waals surface area contributed by atoms with E-state index in [2.05, 4.69) is 56.9 Å². The molecule has 0 aliphatic rings. The van der Waals surface area contributed by atoms with Gasteiger partial charge in [0.15, 0.2) is 0 Å². The van der Waals surface area contributed by atoms with Gasteiger partial charge in [-0.1, -0.05) is 39.8 Å². The predicted molar refractivity (Wildman–Crippen MR) is 81.1 cm³/mol. The third kappa shape index (κ3) is 5.09. The van der Waals surface area contributed by atoms with Crippen molar-refractivity contribution in [2.45, 2.75) is 34.1 Å². The third-order valence-electron chi connectivity index (χ3n) is 2.91. The van der Waals surface area contributed by atoms with Gasteiger partial charge in [-0.15, -0.1) is 0 Å². The SMILES string of the molecule is CC(C)CN(CC(C)C)c1ccc(CCN)cc1. The summed E-state index contributed by atoms with van der Waals surface area (Å²) in [7, 11) is 0. The second-order valence-electron chi connectivity index (χ2n) is 5.90. The van der Waals surface area contributed by atoms with Gasteiger partial charge in [0.25, 0.3) is 0 Å². The maximum atomic E-state index is 5.58. The topological polar surface area (TPSA) is 29.3 Å². The number of anilines is 1. The molecule has 0 fully saturated rings. The highest BCUT2D eigenvalue weighted by Crippen LogP contribution is 2.18. The van der Waals surface area contributed by atoms with Crippen LogP contribution in [0.15, 0.2) is 24.3 Å². The molecule has 0 unspecified atom stereocenters. The third-order valence-corrected chi connectivity index (χ3v) is 2.91. The van der Waals surface area contributed by atoms with Crippen LogP contribution in [0.1, 0.15) is 33.3 Å². The van der Waals surface area contributed by atoms with Crippen LogP contribution >= 0.6 is 0 Å². The monoisotopic (exact) mass is 248 g/mol. The van der Waals surface area contributed by atoms with Crippen molar-refractivity contribution in [2.24, 2.45) is 17.6 Å². The highest BCUT2D eigenvalue weighted by Gasteiger charge is 2.10. The van der Waals surface area contributed by atoms with Gasteiger partial charge >= 0.3 is 0 Å². The van der Waals surface area contributed by atoms with E-state index in [4.69, 9.17) is 5.73 Å². The van der Waals surface area contributed by atoms with E-state index in [0.717, 1.165) is 26.1 Å². The summed E-state index contributed by atoms with van der Waals surface area (Å²) in [4.78, 5) is 2.49. The first-order valence-corrected chi connectivity index (χ1v) is 7.07. The molecule has 2 heteroatoms. The van der Waals surface area contributed by atoms with E-state index in [1.54, 1.807) is 0 Å². The molecule has 0 radical (unpaired) electrons. The van der Waals surface area contributed by atoms with Gasteiger partial charge in [-0.2, -0.15) is 0 Å². The molecule has 0 saturated carbocycles. The standard InChI is InChI=1S/C16H28N2/c1-13(2)11-18(12-14(3)4)16-7-5-15(6-8-16)9-10-17/h5-8,13-14H,9-12,17H2,1-4H3. The van der Waals surface area contributed by atoms with Gasteiger partial charge in [0.1, 0.15) is 0 Å². The molecule has 0 spiro atoms. The Morgan fingerprint density at radius 2 is 1.44 bits per heavy atom. The molecule has 0 aliphatic heterocycles. The van der Waals surface area contributed by atoms with Crippen LogP contribution in [0.5, 0.6) is 0 Å². The average molecular weight is 248 g/mol. The number of hydrogen-bond donors (Lipinski definition) is 1. The van der Waals surface area contributed by atoms with Crippen molar-refractivity contribution in [2.75, 3.05) is 24.5 Å². The first kappa shape index (κ1) is 15.0. The van der Waals surface area contributed by atoms with Gasteiger partial charge < -0.3 is 10.6 Å². The lowest BCUT2D eigenvalue weighted by molar-refractivity contribution is 0.552. The van der Waals surface area contributed by atoms with E-state index in [1.165, 1.54) is 11.3 Å². The smallest absolute Gasteiger partial charge is 0.0366 e. The van der Waals surface area contributed by atoms with E-state index < -0.39 is 0 Å². The van der Waals surface area contributed by atoms with Crippen LogP contribution in [0.25, 0.3) is 0 Å². The van der Waals surface area contributed by atoms with E-state index in [9.17, 15) is 0 Å². The Bertz CT molecular complexity index is 317. The lowest BCUT2D eigenvalue weighted by Crippen LogP contribution is -2.31. The fourth-order valence-electron chi connectivity index (χ4n) is 2.21. The largest absolute Gasteiger partial charge is 0.371 e. The number of hydrogen-bond acceptors (Lipinski definition) is 2. The number of nitrogens with two attached hydrogens (primary N) is 1. The summed E-state index contributed by atoms with van der Waals surface area (Å²) in [5, 5.41) is 0. The number of rotatable bonds is 7. The quantitative estimate of drug-likeness (QED) is 0.802. The molecular formula is C16H28N2. The summed E-state index contributed by atoms with van der Waals surface area (Å²) in [5.74, 6) is 1.37. The lowest BCUT2D eigenvalue weighted by Gasteiger charge is -2.28. The van der Waals surface area contributed by atoms with Gasteiger partial charge in [0, 0.05) is 18.8 Å². The minimum absolute atomic E-state index is 0.687. The molecule has 0 heterocycles. The summed E-state index contributed by atoms with van der Waals surface area (Å²) in [6, 6.07) is 8.87. The molecule has 1 rings (SSSR count). The minimum atomic E-state index is 0.687. The van der Waals surface area contributed by atoms with E-state index in [1.807, 2.05) is 0 Å². The fraction of sp³-hybridized carbons (Fsp3) is 0.625. The summed E-state index contributed by atoms with van der Waals surface area (Å²) < 4.78 is 0. The Hall–Kier alpha value is -1.02. The highest BCUT2D eigenvalue weighted by molar-refractivity contribution is 5.47. The molecule has 2 nitrogen and oxygen atoms in total. The van der Waals surface area contributed by atoms with E-state index in [0.29, 0.717) is 11.8 Å². The molecule has 0 saturated heterocycles. The van der Waals surface area contributed by atoms with Crippen LogP contribution in [0.4, 0.5) is 5.69 Å². The fourth-order valence-corrected chi connectivity index (χ4v) is 2.21. The summed E-state index contributed by atoms with van der Waals surface area (Å²) in [6.07, 6.45) is 0.967. The van der Waals surface area contributed by atoms with Crippen LogP contribution in [0.3, 0.4) is 0 Å². The molecule has 0 amide bonds. The second-order valence-corrected chi connectivity index (χ2v) is 5.90. The van der Waals surface area contributed by atoms with Gasteiger partial charge in [-0.05, 0) is 42.5 Å². The van der Waals surface area contributed by atoms with Crippen molar-refractivity contribution in [3.8, 4) is 0 Å². The number of benzene rings is 1. The van der Waals surface area contributed by atoms with Crippen molar-refractivity contribution in [1.82, 2.24) is 0 Å². The molecule has 18 heavy (non-hydrogen) atoms. The minimum Gasteiger partial charge on any atom is -0.371 e. The molecule has 1 aromatic carbocycles. The maximum Gasteiger partial charge on any atom is 0.0366 e. The maximum absolute atomic E-state index is 5.58. The molecule has 0 atom stereocenters. The zero-order valence-corrected chi connectivity index (χ0v) is 12.3. The van der Waals surface area contributed by atoms with E-state index >= 15 is 0 Å². The van der Waals surface area contributed by atoms with Gasteiger partial charge in [0.2, 0.25) is 0 Å². The Morgan fingerprint density at radius 3 is 1.83 bits per heavy atom. The molecule has 0 aromatic heterocycles. The number of nitrogens with zero attached hydrogens (tertiary/aromatic N) is 1. The van der Waals surface area contributed by atoms with Crippen LogP contribution in [0, 0.1) is 11.8 Å². The Kier molecular flexibility index (Phi) is 6.20. The Balaban J connectivity index is 2.77. The molecular weight excluding hydrogens is 220 g/mol. The summed E-state index contributed by atoms with van der Waals surface area (Å²) in [6.45, 7) is 12.1. The Labute approximate surface area is 112 Å². The van der Waals surface area contributed by atoms with Crippen LogP contribution < -0.4 is 10.6 Å². The molecule has 0 aliphatic carbocycles. The predicted octanol–water partition coefficient (Wildman–Crippen LogP) is 3.31. The zero-order chi connectivity index (χ0) is 13.5.